The number of hydrogen-bond donors (Lipinski definition) is 1. The first-order chi connectivity index (χ1) is 16.1. The molecule has 33 heavy (non-hydrogen) atoms. The summed E-state index contributed by atoms with van der Waals surface area (Å²) in [6, 6.07) is 10.9. The number of thiophene rings is 2. The summed E-state index contributed by atoms with van der Waals surface area (Å²) in [4.78, 5) is 30.2. The number of aromatic nitrogens is 4. The van der Waals surface area contributed by atoms with Crippen molar-refractivity contribution in [3.8, 4) is 0 Å². The fraction of sp³-hybridized carbons (Fsp3) is 0.280. The van der Waals surface area contributed by atoms with Crippen LogP contribution in [0.3, 0.4) is 0 Å². The van der Waals surface area contributed by atoms with Gasteiger partial charge < -0.3 is 5.32 Å². The quantitative estimate of drug-likeness (QED) is 0.408. The molecule has 8 heteroatoms. The summed E-state index contributed by atoms with van der Waals surface area (Å²) in [6.45, 7) is 3.21. The standard InChI is InChI=1S/C25H23N5OS2/c1-15-10-27-18(11-26-15)12-28-17-6-7-20-22(9-17)33-24-23(20)25(31)30(14-29-24)13-19-8-16-4-2-3-5-21(16)32-19/h2-5,8,10-11,14,17,28H,6-7,9,12-13H2,1H3. The normalized spacial score (nSPS) is 15.8. The summed E-state index contributed by atoms with van der Waals surface area (Å²) in [6.07, 6.45) is 8.17. The van der Waals surface area contributed by atoms with Crippen LogP contribution in [0.25, 0.3) is 20.3 Å². The summed E-state index contributed by atoms with van der Waals surface area (Å²) in [5.41, 5.74) is 3.16. The average molecular weight is 474 g/mol. The second-order valence-corrected chi connectivity index (χ2v) is 10.8. The minimum absolute atomic E-state index is 0.0799. The van der Waals surface area contributed by atoms with E-state index in [-0.39, 0.29) is 5.56 Å². The summed E-state index contributed by atoms with van der Waals surface area (Å²) < 4.78 is 3.01. The van der Waals surface area contributed by atoms with Crippen molar-refractivity contribution in [1.29, 1.82) is 0 Å². The molecule has 6 nitrogen and oxygen atoms in total. The molecule has 0 radical (unpaired) electrons. The molecule has 1 aromatic carbocycles. The van der Waals surface area contributed by atoms with E-state index in [9.17, 15) is 4.79 Å². The van der Waals surface area contributed by atoms with Crippen LogP contribution < -0.4 is 10.9 Å². The van der Waals surface area contributed by atoms with Crippen LogP contribution in [-0.2, 0) is 25.9 Å². The summed E-state index contributed by atoms with van der Waals surface area (Å²) in [5, 5.41) is 5.66. The molecular weight excluding hydrogens is 450 g/mol. The molecule has 0 saturated heterocycles. The highest BCUT2D eigenvalue weighted by Gasteiger charge is 2.25. The fourth-order valence-corrected chi connectivity index (χ4v) is 6.85. The Morgan fingerprint density at radius 3 is 2.91 bits per heavy atom. The molecule has 4 heterocycles. The molecule has 166 valence electrons. The van der Waals surface area contributed by atoms with Crippen molar-refractivity contribution in [1.82, 2.24) is 24.8 Å². The summed E-state index contributed by atoms with van der Waals surface area (Å²) >= 11 is 3.41. The van der Waals surface area contributed by atoms with Gasteiger partial charge in [0.1, 0.15) is 4.83 Å². The maximum atomic E-state index is 13.4. The first-order valence-electron chi connectivity index (χ1n) is 11.1. The van der Waals surface area contributed by atoms with Crippen LogP contribution in [0.4, 0.5) is 0 Å². The van der Waals surface area contributed by atoms with E-state index in [1.54, 1.807) is 39.8 Å². The predicted molar refractivity (Wildman–Crippen MR) is 134 cm³/mol. The van der Waals surface area contributed by atoms with E-state index in [2.05, 4.69) is 44.5 Å². The van der Waals surface area contributed by atoms with Gasteiger partial charge in [-0.3, -0.25) is 19.3 Å². The van der Waals surface area contributed by atoms with Gasteiger partial charge in [0.15, 0.2) is 0 Å². The highest BCUT2D eigenvalue weighted by molar-refractivity contribution is 7.19. The lowest BCUT2D eigenvalue weighted by molar-refractivity contribution is 0.459. The van der Waals surface area contributed by atoms with E-state index in [1.807, 2.05) is 19.2 Å². The molecule has 1 atom stereocenters. The van der Waals surface area contributed by atoms with E-state index in [1.165, 1.54) is 25.4 Å². The number of nitrogens with one attached hydrogen (secondary N) is 1. The lowest BCUT2D eigenvalue weighted by Crippen LogP contribution is -2.34. The molecule has 5 aromatic rings. The van der Waals surface area contributed by atoms with Crippen LogP contribution >= 0.6 is 22.7 Å². The van der Waals surface area contributed by atoms with E-state index >= 15 is 0 Å². The predicted octanol–water partition coefficient (Wildman–Crippen LogP) is 4.47. The fourth-order valence-electron chi connectivity index (χ4n) is 4.53. The summed E-state index contributed by atoms with van der Waals surface area (Å²) in [5.74, 6) is 0. The monoisotopic (exact) mass is 473 g/mol. The van der Waals surface area contributed by atoms with Crippen LogP contribution in [0.15, 0.2) is 53.8 Å². The highest BCUT2D eigenvalue weighted by atomic mass is 32.1. The van der Waals surface area contributed by atoms with E-state index < -0.39 is 0 Å². The van der Waals surface area contributed by atoms with Crippen molar-refractivity contribution in [3.05, 3.63) is 86.1 Å². The average Bonchev–Trinajstić information content (AvgIpc) is 3.41. The first kappa shape index (κ1) is 20.7. The Hall–Kier alpha value is -2.94. The molecular formula is C25H23N5OS2. The van der Waals surface area contributed by atoms with Crippen molar-refractivity contribution in [2.45, 2.75) is 45.3 Å². The molecule has 6 rings (SSSR count). The lowest BCUT2D eigenvalue weighted by Gasteiger charge is -2.23. The van der Waals surface area contributed by atoms with E-state index in [0.29, 0.717) is 19.1 Å². The molecule has 1 aliphatic rings. The van der Waals surface area contributed by atoms with Gasteiger partial charge in [0.25, 0.3) is 5.56 Å². The number of nitrogens with zero attached hydrogens (tertiary/aromatic N) is 4. The van der Waals surface area contributed by atoms with Gasteiger partial charge in [-0.15, -0.1) is 22.7 Å². The Balaban J connectivity index is 1.23. The van der Waals surface area contributed by atoms with Gasteiger partial charge in [0.2, 0.25) is 0 Å². The Morgan fingerprint density at radius 2 is 2.06 bits per heavy atom. The van der Waals surface area contributed by atoms with Crippen molar-refractivity contribution >= 4 is 43.0 Å². The minimum Gasteiger partial charge on any atom is -0.308 e. The third-order valence-corrected chi connectivity index (χ3v) is 8.51. The topological polar surface area (TPSA) is 72.7 Å². The van der Waals surface area contributed by atoms with Gasteiger partial charge in [-0.2, -0.15) is 0 Å². The first-order valence-corrected chi connectivity index (χ1v) is 12.8. The van der Waals surface area contributed by atoms with Crippen molar-refractivity contribution in [3.63, 3.8) is 0 Å². The van der Waals surface area contributed by atoms with Crippen LogP contribution in [0.2, 0.25) is 0 Å². The zero-order valence-corrected chi connectivity index (χ0v) is 19.9. The van der Waals surface area contributed by atoms with Crippen LogP contribution in [-0.4, -0.2) is 25.6 Å². The van der Waals surface area contributed by atoms with Crippen LogP contribution in [0.5, 0.6) is 0 Å². The van der Waals surface area contributed by atoms with Gasteiger partial charge in [-0.25, -0.2) is 4.98 Å². The molecule has 0 saturated carbocycles. The molecule has 1 unspecified atom stereocenters. The molecule has 0 spiro atoms. The van der Waals surface area contributed by atoms with E-state index in [0.717, 1.165) is 40.9 Å². The molecule has 0 amide bonds. The molecule has 0 aliphatic heterocycles. The lowest BCUT2D eigenvalue weighted by atomic mass is 9.93. The van der Waals surface area contributed by atoms with Crippen LogP contribution in [0, 0.1) is 6.92 Å². The maximum Gasteiger partial charge on any atom is 0.262 e. The smallest absolute Gasteiger partial charge is 0.262 e. The number of aryl methyl sites for hydroxylation is 2. The number of benzene rings is 1. The van der Waals surface area contributed by atoms with E-state index in [4.69, 9.17) is 0 Å². The number of rotatable bonds is 5. The zero-order valence-electron chi connectivity index (χ0n) is 18.2. The van der Waals surface area contributed by atoms with Gasteiger partial charge >= 0.3 is 0 Å². The Kier molecular flexibility index (Phi) is 5.28. The van der Waals surface area contributed by atoms with Crippen molar-refractivity contribution in [2.75, 3.05) is 0 Å². The van der Waals surface area contributed by atoms with Gasteiger partial charge in [0, 0.05) is 39.4 Å². The minimum atomic E-state index is 0.0799. The van der Waals surface area contributed by atoms with Crippen molar-refractivity contribution in [2.24, 2.45) is 0 Å². The van der Waals surface area contributed by atoms with Gasteiger partial charge in [-0.1, -0.05) is 18.2 Å². The Labute approximate surface area is 199 Å². The second-order valence-electron chi connectivity index (χ2n) is 8.58. The third-order valence-electron chi connectivity index (χ3n) is 6.24. The SMILES string of the molecule is Cc1cnc(CNC2CCc3c(sc4ncn(Cc5cc6ccccc6s5)c(=O)c34)C2)cn1. The molecule has 1 N–H and O–H groups in total. The zero-order chi connectivity index (χ0) is 22.4. The van der Waals surface area contributed by atoms with Gasteiger partial charge in [-0.05, 0) is 49.3 Å². The Bertz CT molecular complexity index is 1480. The van der Waals surface area contributed by atoms with Crippen molar-refractivity contribution < 1.29 is 0 Å². The second kappa shape index (κ2) is 8.44. The number of hydrogen-bond acceptors (Lipinski definition) is 7. The molecule has 1 aliphatic carbocycles. The summed E-state index contributed by atoms with van der Waals surface area (Å²) in [7, 11) is 0. The molecule has 0 bridgehead atoms. The maximum absolute atomic E-state index is 13.4. The van der Waals surface area contributed by atoms with Crippen LogP contribution in [0.1, 0.15) is 33.1 Å². The molecule has 4 aromatic heterocycles. The highest BCUT2D eigenvalue weighted by Crippen LogP contribution is 2.34. The third kappa shape index (κ3) is 3.99. The van der Waals surface area contributed by atoms with Gasteiger partial charge in [0.05, 0.1) is 29.6 Å². The molecule has 0 fully saturated rings. The largest absolute Gasteiger partial charge is 0.308 e. The Morgan fingerprint density at radius 1 is 1.15 bits per heavy atom. The number of fused-ring (bicyclic) bond motifs is 4.